The molecular weight excluding hydrogens is 262 g/mol. The molecule has 5 heteroatoms. The highest BCUT2D eigenvalue weighted by atomic mass is 15.3. The molecule has 0 amide bonds. The normalized spacial score (nSPS) is 12.8. The molecule has 0 saturated carbocycles. The molecule has 2 heterocycles. The number of imidazole rings is 1. The molecule has 2 aromatic heterocycles. The Labute approximate surface area is 127 Å². The van der Waals surface area contributed by atoms with Crippen molar-refractivity contribution in [2.24, 2.45) is 7.05 Å². The number of hydrogen-bond donors (Lipinski definition) is 1. The zero-order chi connectivity index (χ0) is 15.4. The van der Waals surface area contributed by atoms with Crippen LogP contribution in [0.1, 0.15) is 49.1 Å². The summed E-state index contributed by atoms with van der Waals surface area (Å²) in [6.07, 6.45) is 6.03. The van der Waals surface area contributed by atoms with E-state index in [9.17, 15) is 0 Å². The van der Waals surface area contributed by atoms with E-state index < -0.39 is 0 Å². The van der Waals surface area contributed by atoms with Gasteiger partial charge in [0, 0.05) is 31.7 Å². The maximum atomic E-state index is 4.59. The van der Waals surface area contributed by atoms with Gasteiger partial charge >= 0.3 is 0 Å². The van der Waals surface area contributed by atoms with Crippen molar-refractivity contribution in [3.8, 4) is 0 Å². The fourth-order valence-corrected chi connectivity index (χ4v) is 2.88. The summed E-state index contributed by atoms with van der Waals surface area (Å²) < 4.78 is 4.22. The largest absolute Gasteiger partial charge is 0.334 e. The molecule has 5 nitrogen and oxygen atoms in total. The van der Waals surface area contributed by atoms with Gasteiger partial charge in [0.05, 0.1) is 11.7 Å². The summed E-state index contributed by atoms with van der Waals surface area (Å²) in [4.78, 5) is 4.59. The molecule has 0 bridgehead atoms. The fourth-order valence-electron chi connectivity index (χ4n) is 2.88. The van der Waals surface area contributed by atoms with Crippen LogP contribution in [0, 0.1) is 13.8 Å². The van der Waals surface area contributed by atoms with Gasteiger partial charge in [0.25, 0.3) is 0 Å². The van der Waals surface area contributed by atoms with E-state index in [1.165, 1.54) is 11.3 Å². The predicted octanol–water partition coefficient (Wildman–Crippen LogP) is 2.54. The third-order valence-electron chi connectivity index (χ3n) is 4.04. The third kappa shape index (κ3) is 3.35. The zero-order valence-electron chi connectivity index (χ0n) is 13.8. The molecular formula is C16H27N5. The van der Waals surface area contributed by atoms with Crippen molar-refractivity contribution in [2.75, 3.05) is 6.54 Å². The first kappa shape index (κ1) is 15.8. The standard InChI is InChI=1S/C16H27N5/c1-6-9-21-10-8-18-16(21)15(17-7-2)11-14-12(3)19-20(5)13(14)4/h8,10,15,17H,6-7,9,11H2,1-5H3. The number of likely N-dealkylation sites (N-methyl/N-ethyl adjacent to an activating group) is 1. The van der Waals surface area contributed by atoms with Crippen LogP contribution in [0.4, 0.5) is 0 Å². The molecule has 1 N–H and O–H groups in total. The van der Waals surface area contributed by atoms with Gasteiger partial charge in [0.1, 0.15) is 5.82 Å². The minimum Gasteiger partial charge on any atom is -0.334 e. The van der Waals surface area contributed by atoms with Crippen LogP contribution in [0.15, 0.2) is 12.4 Å². The topological polar surface area (TPSA) is 47.7 Å². The van der Waals surface area contributed by atoms with E-state index in [1.807, 2.05) is 17.9 Å². The summed E-state index contributed by atoms with van der Waals surface area (Å²) in [7, 11) is 2.01. The minimum absolute atomic E-state index is 0.234. The van der Waals surface area contributed by atoms with Crippen LogP contribution in [-0.4, -0.2) is 25.9 Å². The van der Waals surface area contributed by atoms with E-state index in [4.69, 9.17) is 0 Å². The SMILES string of the molecule is CCCn1ccnc1C(Cc1c(C)nn(C)c1C)NCC. The van der Waals surface area contributed by atoms with E-state index in [-0.39, 0.29) is 6.04 Å². The van der Waals surface area contributed by atoms with Crippen molar-refractivity contribution < 1.29 is 0 Å². The second-order valence-electron chi connectivity index (χ2n) is 5.57. The lowest BCUT2D eigenvalue weighted by Gasteiger charge is -2.19. The van der Waals surface area contributed by atoms with Crippen LogP contribution in [0.5, 0.6) is 0 Å². The lowest BCUT2D eigenvalue weighted by atomic mass is 10.0. The van der Waals surface area contributed by atoms with Crippen molar-refractivity contribution >= 4 is 0 Å². The van der Waals surface area contributed by atoms with Gasteiger partial charge in [-0.1, -0.05) is 13.8 Å². The van der Waals surface area contributed by atoms with Gasteiger partial charge in [-0.15, -0.1) is 0 Å². The average Bonchev–Trinajstić information content (AvgIpc) is 2.99. The first-order chi connectivity index (χ1) is 10.1. The van der Waals surface area contributed by atoms with Gasteiger partial charge in [-0.05, 0) is 38.8 Å². The molecule has 0 aliphatic carbocycles. The Morgan fingerprint density at radius 2 is 2.05 bits per heavy atom. The molecule has 21 heavy (non-hydrogen) atoms. The molecule has 0 aliphatic heterocycles. The summed E-state index contributed by atoms with van der Waals surface area (Å²) in [5.41, 5.74) is 3.69. The maximum Gasteiger partial charge on any atom is 0.126 e. The molecule has 0 aliphatic rings. The van der Waals surface area contributed by atoms with Gasteiger partial charge in [0.15, 0.2) is 0 Å². The first-order valence-electron chi connectivity index (χ1n) is 7.81. The van der Waals surface area contributed by atoms with Gasteiger partial charge in [-0.25, -0.2) is 4.98 Å². The van der Waals surface area contributed by atoms with Crippen LogP contribution < -0.4 is 5.32 Å². The first-order valence-corrected chi connectivity index (χ1v) is 7.81. The summed E-state index contributed by atoms with van der Waals surface area (Å²) >= 11 is 0. The Kier molecular flexibility index (Phi) is 5.17. The highest BCUT2D eigenvalue weighted by molar-refractivity contribution is 5.26. The molecule has 0 spiro atoms. The zero-order valence-corrected chi connectivity index (χ0v) is 13.8. The number of nitrogens with zero attached hydrogens (tertiary/aromatic N) is 4. The van der Waals surface area contributed by atoms with Crippen molar-refractivity contribution in [1.29, 1.82) is 0 Å². The number of hydrogen-bond acceptors (Lipinski definition) is 3. The van der Waals surface area contributed by atoms with Crippen LogP contribution in [0.25, 0.3) is 0 Å². The van der Waals surface area contributed by atoms with E-state index in [0.717, 1.165) is 37.4 Å². The molecule has 2 aromatic rings. The van der Waals surface area contributed by atoms with Crippen molar-refractivity contribution in [2.45, 2.75) is 53.1 Å². The molecule has 2 rings (SSSR count). The molecule has 116 valence electrons. The number of nitrogens with one attached hydrogen (secondary N) is 1. The number of rotatable bonds is 7. The van der Waals surface area contributed by atoms with Crippen molar-refractivity contribution in [1.82, 2.24) is 24.6 Å². The maximum absolute atomic E-state index is 4.59. The molecule has 0 saturated heterocycles. The van der Waals surface area contributed by atoms with E-state index in [2.05, 4.69) is 53.9 Å². The highest BCUT2D eigenvalue weighted by Gasteiger charge is 2.20. The third-order valence-corrected chi connectivity index (χ3v) is 4.04. The lowest BCUT2D eigenvalue weighted by molar-refractivity contribution is 0.486. The Balaban J connectivity index is 2.28. The van der Waals surface area contributed by atoms with Gasteiger partial charge in [-0.2, -0.15) is 5.10 Å². The summed E-state index contributed by atoms with van der Waals surface area (Å²) in [6, 6.07) is 0.234. The second kappa shape index (κ2) is 6.89. The van der Waals surface area contributed by atoms with Crippen LogP contribution in [0.2, 0.25) is 0 Å². The highest BCUT2D eigenvalue weighted by Crippen LogP contribution is 2.22. The minimum atomic E-state index is 0.234. The monoisotopic (exact) mass is 289 g/mol. The van der Waals surface area contributed by atoms with E-state index in [0.29, 0.717) is 0 Å². The smallest absolute Gasteiger partial charge is 0.126 e. The molecule has 1 atom stereocenters. The Morgan fingerprint density at radius 3 is 2.62 bits per heavy atom. The molecule has 0 fully saturated rings. The summed E-state index contributed by atoms with van der Waals surface area (Å²) in [5, 5.41) is 8.10. The predicted molar refractivity (Wildman–Crippen MR) is 85.3 cm³/mol. The van der Waals surface area contributed by atoms with Crippen LogP contribution in [0.3, 0.4) is 0 Å². The van der Waals surface area contributed by atoms with Crippen molar-refractivity contribution in [3.63, 3.8) is 0 Å². The van der Waals surface area contributed by atoms with Crippen LogP contribution in [-0.2, 0) is 20.0 Å². The molecule has 0 radical (unpaired) electrons. The molecule has 0 aromatic carbocycles. The second-order valence-corrected chi connectivity index (χ2v) is 5.57. The molecule has 1 unspecified atom stereocenters. The fraction of sp³-hybridized carbons (Fsp3) is 0.625. The summed E-state index contributed by atoms with van der Waals surface area (Å²) in [6.45, 7) is 10.5. The quantitative estimate of drug-likeness (QED) is 0.852. The number of aryl methyl sites for hydroxylation is 3. The number of aromatic nitrogens is 4. The van der Waals surface area contributed by atoms with E-state index in [1.54, 1.807) is 0 Å². The Hall–Kier alpha value is -1.62. The van der Waals surface area contributed by atoms with Gasteiger partial charge < -0.3 is 9.88 Å². The van der Waals surface area contributed by atoms with Crippen LogP contribution >= 0.6 is 0 Å². The van der Waals surface area contributed by atoms with Gasteiger partial charge in [0.2, 0.25) is 0 Å². The Morgan fingerprint density at radius 1 is 1.29 bits per heavy atom. The lowest BCUT2D eigenvalue weighted by Crippen LogP contribution is -2.26. The summed E-state index contributed by atoms with van der Waals surface area (Å²) in [5.74, 6) is 1.13. The van der Waals surface area contributed by atoms with Crippen molar-refractivity contribution in [3.05, 3.63) is 35.2 Å². The van der Waals surface area contributed by atoms with E-state index >= 15 is 0 Å². The average molecular weight is 289 g/mol. The van der Waals surface area contributed by atoms with Gasteiger partial charge in [-0.3, -0.25) is 4.68 Å². The Bertz CT molecular complexity index is 582.